The number of hydrogen-bond acceptors (Lipinski definition) is 5. The molecule has 0 unspecified atom stereocenters. The molecule has 0 radical (unpaired) electrons. The second-order valence-electron chi connectivity index (χ2n) is 7.16. The summed E-state index contributed by atoms with van der Waals surface area (Å²) in [7, 11) is 1.56. The number of hydrogen-bond donors (Lipinski definition) is 2. The first kappa shape index (κ1) is 22.6. The lowest BCUT2D eigenvalue weighted by molar-refractivity contribution is -0.124. The van der Waals surface area contributed by atoms with Crippen LogP contribution in [0.2, 0.25) is 0 Å². The van der Waals surface area contributed by atoms with Gasteiger partial charge in [0.25, 0.3) is 5.91 Å². The molecular formula is C24H25N3O5. The second kappa shape index (κ2) is 10.8. The number of amides is 3. The number of anilines is 1. The third-order valence-electron chi connectivity index (χ3n) is 4.63. The summed E-state index contributed by atoms with van der Waals surface area (Å²) >= 11 is 0. The summed E-state index contributed by atoms with van der Waals surface area (Å²) in [6, 6.07) is 17.4. The van der Waals surface area contributed by atoms with Gasteiger partial charge in [-0.1, -0.05) is 17.7 Å². The van der Waals surface area contributed by atoms with Crippen molar-refractivity contribution in [1.82, 2.24) is 10.2 Å². The first-order chi connectivity index (χ1) is 15.4. The van der Waals surface area contributed by atoms with Crippen LogP contribution in [0.25, 0.3) is 0 Å². The van der Waals surface area contributed by atoms with Gasteiger partial charge in [0.2, 0.25) is 11.8 Å². The number of rotatable bonds is 9. The fourth-order valence-corrected chi connectivity index (χ4v) is 3.04. The summed E-state index contributed by atoms with van der Waals surface area (Å²) in [6.07, 6.45) is 1.51. The first-order valence-corrected chi connectivity index (χ1v) is 10.0. The van der Waals surface area contributed by atoms with Crippen molar-refractivity contribution in [3.05, 3.63) is 83.8 Å². The number of furan rings is 1. The molecule has 32 heavy (non-hydrogen) atoms. The third-order valence-corrected chi connectivity index (χ3v) is 4.63. The van der Waals surface area contributed by atoms with Crippen LogP contribution < -0.4 is 15.4 Å². The quantitative estimate of drug-likeness (QED) is 0.538. The molecule has 3 aromatic rings. The van der Waals surface area contributed by atoms with Crippen molar-refractivity contribution in [2.24, 2.45) is 0 Å². The summed E-state index contributed by atoms with van der Waals surface area (Å²) < 4.78 is 10.4. The minimum Gasteiger partial charge on any atom is -0.497 e. The number of methoxy groups -OCH3 is 1. The van der Waals surface area contributed by atoms with Crippen molar-refractivity contribution in [2.45, 2.75) is 13.5 Å². The highest BCUT2D eigenvalue weighted by atomic mass is 16.5. The molecule has 0 saturated heterocycles. The zero-order valence-electron chi connectivity index (χ0n) is 18.0. The van der Waals surface area contributed by atoms with E-state index in [1.54, 1.807) is 61.7 Å². The number of benzene rings is 2. The van der Waals surface area contributed by atoms with Gasteiger partial charge in [-0.25, -0.2) is 0 Å². The van der Waals surface area contributed by atoms with Gasteiger partial charge in [-0.2, -0.15) is 0 Å². The molecule has 0 fully saturated rings. The zero-order valence-corrected chi connectivity index (χ0v) is 18.0. The fraction of sp³-hybridized carbons (Fsp3) is 0.208. The van der Waals surface area contributed by atoms with Crippen molar-refractivity contribution in [1.29, 1.82) is 0 Å². The SMILES string of the molecule is COc1ccc(NC(=O)CNC(=O)CN(Cc2ccco2)C(=O)c2cccc(C)c2)cc1. The molecule has 3 rings (SSSR count). The largest absolute Gasteiger partial charge is 0.497 e. The lowest BCUT2D eigenvalue weighted by atomic mass is 10.1. The maximum absolute atomic E-state index is 13.0. The van der Waals surface area contributed by atoms with E-state index < -0.39 is 5.91 Å². The van der Waals surface area contributed by atoms with E-state index in [1.165, 1.54) is 11.2 Å². The van der Waals surface area contributed by atoms with E-state index in [-0.39, 0.29) is 31.4 Å². The molecule has 1 aromatic heterocycles. The lowest BCUT2D eigenvalue weighted by Gasteiger charge is -2.21. The van der Waals surface area contributed by atoms with Gasteiger partial charge >= 0.3 is 0 Å². The van der Waals surface area contributed by atoms with Crippen LogP contribution in [0.4, 0.5) is 5.69 Å². The van der Waals surface area contributed by atoms with Crippen molar-refractivity contribution in [3.8, 4) is 5.75 Å². The Morgan fingerprint density at radius 1 is 1.00 bits per heavy atom. The molecule has 2 N–H and O–H groups in total. The topological polar surface area (TPSA) is 101 Å². The van der Waals surface area contributed by atoms with Crippen molar-refractivity contribution in [2.75, 3.05) is 25.5 Å². The van der Waals surface area contributed by atoms with Crippen molar-refractivity contribution in [3.63, 3.8) is 0 Å². The van der Waals surface area contributed by atoms with E-state index in [2.05, 4.69) is 10.6 Å². The Morgan fingerprint density at radius 2 is 1.78 bits per heavy atom. The van der Waals surface area contributed by atoms with Crippen LogP contribution in [0.5, 0.6) is 5.75 Å². The van der Waals surface area contributed by atoms with Crippen LogP contribution in [0.3, 0.4) is 0 Å². The highest BCUT2D eigenvalue weighted by Crippen LogP contribution is 2.15. The molecule has 0 bridgehead atoms. The molecule has 8 heteroatoms. The molecule has 0 aliphatic heterocycles. The Hall–Kier alpha value is -4.07. The van der Waals surface area contributed by atoms with E-state index in [9.17, 15) is 14.4 Å². The van der Waals surface area contributed by atoms with E-state index in [4.69, 9.17) is 9.15 Å². The lowest BCUT2D eigenvalue weighted by Crippen LogP contribution is -2.42. The molecule has 1 heterocycles. The summed E-state index contributed by atoms with van der Waals surface area (Å²) in [5.41, 5.74) is 1.99. The van der Waals surface area contributed by atoms with E-state index in [0.717, 1.165) is 5.56 Å². The number of carbonyl (C=O) groups is 3. The molecule has 2 aromatic carbocycles. The number of ether oxygens (including phenoxy) is 1. The van der Waals surface area contributed by atoms with Crippen molar-refractivity contribution >= 4 is 23.4 Å². The van der Waals surface area contributed by atoms with Crippen LogP contribution in [-0.2, 0) is 16.1 Å². The number of nitrogens with one attached hydrogen (secondary N) is 2. The molecule has 8 nitrogen and oxygen atoms in total. The van der Waals surface area contributed by atoms with Gasteiger partial charge < -0.3 is 24.7 Å². The van der Waals surface area contributed by atoms with E-state index in [0.29, 0.717) is 22.8 Å². The third kappa shape index (κ3) is 6.46. The van der Waals surface area contributed by atoms with Crippen LogP contribution in [0, 0.1) is 6.92 Å². The molecular weight excluding hydrogens is 410 g/mol. The normalized spacial score (nSPS) is 10.3. The zero-order chi connectivity index (χ0) is 22.9. The average Bonchev–Trinajstić information content (AvgIpc) is 3.30. The molecule has 0 aliphatic rings. The summed E-state index contributed by atoms with van der Waals surface area (Å²) in [5, 5.41) is 5.24. The Kier molecular flexibility index (Phi) is 7.64. The Morgan fingerprint density at radius 3 is 2.44 bits per heavy atom. The number of nitrogens with zero attached hydrogens (tertiary/aromatic N) is 1. The predicted molar refractivity (Wildman–Crippen MR) is 119 cm³/mol. The standard InChI is InChI=1S/C24H25N3O5/c1-17-5-3-6-18(13-17)24(30)27(15-21-7-4-12-32-21)16-23(29)25-14-22(28)26-19-8-10-20(31-2)11-9-19/h3-13H,14-16H2,1-2H3,(H,25,29)(H,26,28). The Labute approximate surface area is 186 Å². The fourth-order valence-electron chi connectivity index (χ4n) is 3.04. The summed E-state index contributed by atoms with van der Waals surface area (Å²) in [4.78, 5) is 39.0. The summed E-state index contributed by atoms with van der Waals surface area (Å²) in [6.45, 7) is 1.58. The number of aryl methyl sites for hydroxylation is 1. The monoisotopic (exact) mass is 435 g/mol. The molecule has 166 valence electrons. The Balaban J connectivity index is 1.58. The minimum absolute atomic E-state index is 0.130. The van der Waals surface area contributed by atoms with Gasteiger partial charge in [0, 0.05) is 11.3 Å². The van der Waals surface area contributed by atoms with Gasteiger partial charge in [0.15, 0.2) is 0 Å². The van der Waals surface area contributed by atoms with Crippen LogP contribution in [-0.4, -0.2) is 42.8 Å². The van der Waals surface area contributed by atoms with Gasteiger partial charge in [0.05, 0.1) is 26.5 Å². The van der Waals surface area contributed by atoms with Crippen molar-refractivity contribution < 1.29 is 23.5 Å². The van der Waals surface area contributed by atoms with E-state index in [1.807, 2.05) is 13.0 Å². The van der Waals surface area contributed by atoms with Crippen LogP contribution in [0.1, 0.15) is 21.7 Å². The van der Waals surface area contributed by atoms with Crippen LogP contribution in [0.15, 0.2) is 71.3 Å². The average molecular weight is 435 g/mol. The maximum Gasteiger partial charge on any atom is 0.254 e. The predicted octanol–water partition coefficient (Wildman–Crippen LogP) is 2.99. The first-order valence-electron chi connectivity index (χ1n) is 10.0. The maximum atomic E-state index is 13.0. The molecule has 0 saturated carbocycles. The Bertz CT molecular complexity index is 1060. The molecule has 0 spiro atoms. The minimum atomic E-state index is -0.456. The van der Waals surface area contributed by atoms with Gasteiger partial charge in [-0.05, 0) is 55.5 Å². The molecule has 0 aliphatic carbocycles. The molecule has 3 amide bonds. The van der Waals surface area contributed by atoms with Gasteiger partial charge in [-0.15, -0.1) is 0 Å². The van der Waals surface area contributed by atoms with Crippen LogP contribution >= 0.6 is 0 Å². The van der Waals surface area contributed by atoms with E-state index >= 15 is 0 Å². The molecule has 0 atom stereocenters. The van der Waals surface area contributed by atoms with Gasteiger partial charge in [0.1, 0.15) is 18.1 Å². The number of carbonyl (C=O) groups excluding carboxylic acids is 3. The van der Waals surface area contributed by atoms with Gasteiger partial charge in [-0.3, -0.25) is 14.4 Å². The second-order valence-corrected chi connectivity index (χ2v) is 7.16. The highest BCUT2D eigenvalue weighted by molar-refractivity contribution is 5.98. The summed E-state index contributed by atoms with van der Waals surface area (Å²) in [5.74, 6) is 0.0822. The smallest absolute Gasteiger partial charge is 0.254 e. The highest BCUT2D eigenvalue weighted by Gasteiger charge is 2.21.